The van der Waals surface area contributed by atoms with Crippen LogP contribution in [0.1, 0.15) is 25.0 Å². The van der Waals surface area contributed by atoms with Crippen molar-refractivity contribution in [3.63, 3.8) is 0 Å². The fourth-order valence-corrected chi connectivity index (χ4v) is 2.16. The summed E-state index contributed by atoms with van der Waals surface area (Å²) in [7, 11) is 0. The second-order valence-corrected chi connectivity index (χ2v) is 5.42. The highest BCUT2D eigenvalue weighted by molar-refractivity contribution is 5.78. The molecule has 19 heavy (non-hydrogen) atoms. The molecule has 4 nitrogen and oxygen atoms in total. The van der Waals surface area contributed by atoms with E-state index >= 15 is 0 Å². The normalized spacial score (nSPS) is 21.3. The Balaban J connectivity index is 1.76. The van der Waals surface area contributed by atoms with Crippen LogP contribution < -0.4 is 5.32 Å². The van der Waals surface area contributed by atoms with E-state index in [2.05, 4.69) is 5.32 Å². The Kier molecular flexibility index (Phi) is 4.22. The first kappa shape index (κ1) is 14.0. The highest BCUT2D eigenvalue weighted by Crippen LogP contribution is 2.21. The largest absolute Gasteiger partial charge is 0.353 e. The monoisotopic (exact) mass is 263 g/mol. The molecule has 1 aliphatic heterocycles. The van der Waals surface area contributed by atoms with Crippen molar-refractivity contribution in [1.82, 2.24) is 5.32 Å². The summed E-state index contributed by atoms with van der Waals surface area (Å²) < 4.78 is 11.1. The summed E-state index contributed by atoms with van der Waals surface area (Å²) in [6.07, 6.45) is 0.343. The van der Waals surface area contributed by atoms with Gasteiger partial charge in [0.2, 0.25) is 5.91 Å². The molecule has 0 radical (unpaired) electrons. The van der Waals surface area contributed by atoms with Crippen molar-refractivity contribution >= 4 is 5.91 Å². The highest BCUT2D eigenvalue weighted by Gasteiger charge is 2.32. The third kappa shape index (κ3) is 4.33. The van der Waals surface area contributed by atoms with Crippen LogP contribution >= 0.6 is 0 Å². The van der Waals surface area contributed by atoms with E-state index in [0.29, 0.717) is 19.6 Å². The molecule has 1 fully saturated rings. The predicted molar refractivity (Wildman–Crippen MR) is 72.8 cm³/mol. The fraction of sp³-hybridized carbons (Fsp3) is 0.533. The molecule has 104 valence electrons. The van der Waals surface area contributed by atoms with Gasteiger partial charge in [-0.2, -0.15) is 0 Å². The molecule has 1 unspecified atom stereocenters. The minimum Gasteiger partial charge on any atom is -0.353 e. The Hall–Kier alpha value is -1.39. The van der Waals surface area contributed by atoms with Crippen LogP contribution in [0.25, 0.3) is 0 Å². The van der Waals surface area contributed by atoms with Gasteiger partial charge in [0.15, 0.2) is 5.79 Å². The Morgan fingerprint density at radius 1 is 1.47 bits per heavy atom. The van der Waals surface area contributed by atoms with Gasteiger partial charge in [-0.1, -0.05) is 29.8 Å². The topological polar surface area (TPSA) is 47.6 Å². The molecule has 1 aromatic carbocycles. The summed E-state index contributed by atoms with van der Waals surface area (Å²) in [6.45, 7) is 6.79. The summed E-state index contributed by atoms with van der Waals surface area (Å²) in [5.41, 5.74) is 2.20. The molecule has 0 bridgehead atoms. The maximum absolute atomic E-state index is 11.8. The molecule has 2 rings (SSSR count). The lowest BCUT2D eigenvalue weighted by molar-refractivity contribution is -0.139. The van der Waals surface area contributed by atoms with E-state index in [0.717, 1.165) is 5.56 Å². The first-order valence-corrected chi connectivity index (χ1v) is 6.59. The van der Waals surface area contributed by atoms with Crippen LogP contribution in [0.15, 0.2) is 24.3 Å². The van der Waals surface area contributed by atoms with E-state index < -0.39 is 5.79 Å². The van der Waals surface area contributed by atoms with E-state index in [9.17, 15) is 4.79 Å². The Morgan fingerprint density at radius 2 is 2.26 bits per heavy atom. The summed E-state index contributed by atoms with van der Waals surface area (Å²) >= 11 is 0. The van der Waals surface area contributed by atoms with Crippen LogP contribution in [0, 0.1) is 6.92 Å². The summed E-state index contributed by atoms with van der Waals surface area (Å²) in [5, 5.41) is 2.89. The van der Waals surface area contributed by atoms with Gasteiger partial charge in [-0.3, -0.25) is 4.79 Å². The van der Waals surface area contributed by atoms with E-state index in [1.165, 1.54) is 5.56 Å². The Labute approximate surface area is 114 Å². The molecule has 4 heteroatoms. The molecule has 0 aromatic heterocycles. The maximum atomic E-state index is 11.8. The van der Waals surface area contributed by atoms with Gasteiger partial charge in [0.25, 0.3) is 0 Å². The molecule has 1 heterocycles. The van der Waals surface area contributed by atoms with Gasteiger partial charge in [0.05, 0.1) is 13.0 Å². The third-order valence-electron chi connectivity index (χ3n) is 3.04. The quantitative estimate of drug-likeness (QED) is 0.901. The zero-order valence-electron chi connectivity index (χ0n) is 11.7. The number of hydrogen-bond acceptors (Lipinski definition) is 3. The SMILES string of the molecule is Cc1cccc(CC(=O)NCC2COC(C)(C)O2)c1. The molecule has 0 saturated carbocycles. The maximum Gasteiger partial charge on any atom is 0.224 e. The number of aryl methyl sites for hydroxylation is 1. The first-order chi connectivity index (χ1) is 8.94. The third-order valence-corrected chi connectivity index (χ3v) is 3.04. The highest BCUT2D eigenvalue weighted by atomic mass is 16.7. The van der Waals surface area contributed by atoms with Crippen molar-refractivity contribution in [2.24, 2.45) is 0 Å². The molecule has 0 aliphatic carbocycles. The van der Waals surface area contributed by atoms with Gasteiger partial charge in [0.1, 0.15) is 6.10 Å². The lowest BCUT2D eigenvalue weighted by atomic mass is 10.1. The zero-order valence-corrected chi connectivity index (χ0v) is 11.7. The van der Waals surface area contributed by atoms with Gasteiger partial charge in [0, 0.05) is 6.54 Å². The van der Waals surface area contributed by atoms with E-state index in [4.69, 9.17) is 9.47 Å². The molecule has 1 atom stereocenters. The molecule has 0 spiro atoms. The van der Waals surface area contributed by atoms with Crippen LogP contribution in [-0.4, -0.2) is 30.9 Å². The molecule has 1 saturated heterocycles. The second kappa shape index (κ2) is 5.72. The van der Waals surface area contributed by atoms with Crippen LogP contribution in [-0.2, 0) is 20.7 Å². The number of benzene rings is 1. The second-order valence-electron chi connectivity index (χ2n) is 5.42. The van der Waals surface area contributed by atoms with Crippen molar-refractivity contribution in [2.45, 2.75) is 39.1 Å². The average Bonchev–Trinajstić information content (AvgIpc) is 2.66. The summed E-state index contributed by atoms with van der Waals surface area (Å²) in [6, 6.07) is 7.98. The van der Waals surface area contributed by atoms with Gasteiger partial charge in [-0.15, -0.1) is 0 Å². The van der Waals surface area contributed by atoms with Crippen molar-refractivity contribution in [2.75, 3.05) is 13.2 Å². The zero-order chi connectivity index (χ0) is 13.9. The van der Waals surface area contributed by atoms with Gasteiger partial charge < -0.3 is 14.8 Å². The van der Waals surface area contributed by atoms with Crippen LogP contribution in [0.2, 0.25) is 0 Å². The van der Waals surface area contributed by atoms with Crippen molar-refractivity contribution < 1.29 is 14.3 Å². The lowest BCUT2D eigenvalue weighted by Crippen LogP contribution is -2.35. The number of ether oxygens (including phenoxy) is 2. The fourth-order valence-electron chi connectivity index (χ4n) is 2.16. The number of nitrogens with one attached hydrogen (secondary N) is 1. The molecule has 1 N–H and O–H groups in total. The summed E-state index contributed by atoms with van der Waals surface area (Å²) in [4.78, 5) is 11.8. The Morgan fingerprint density at radius 3 is 2.89 bits per heavy atom. The van der Waals surface area contributed by atoms with E-state index in [1.54, 1.807) is 0 Å². The van der Waals surface area contributed by atoms with Gasteiger partial charge >= 0.3 is 0 Å². The molecular formula is C15H21NO3. The number of carbonyl (C=O) groups is 1. The van der Waals surface area contributed by atoms with Crippen LogP contribution in [0.5, 0.6) is 0 Å². The standard InChI is InChI=1S/C15H21NO3/c1-11-5-4-6-12(7-11)8-14(17)16-9-13-10-18-15(2,3)19-13/h4-7,13H,8-10H2,1-3H3,(H,16,17). The van der Waals surface area contributed by atoms with Gasteiger partial charge in [-0.05, 0) is 26.3 Å². The first-order valence-electron chi connectivity index (χ1n) is 6.59. The number of rotatable bonds is 4. The molecule has 1 amide bonds. The number of carbonyl (C=O) groups excluding carboxylic acids is 1. The van der Waals surface area contributed by atoms with Crippen LogP contribution in [0.3, 0.4) is 0 Å². The van der Waals surface area contributed by atoms with Crippen molar-refractivity contribution in [3.05, 3.63) is 35.4 Å². The molecule has 1 aliphatic rings. The number of amides is 1. The van der Waals surface area contributed by atoms with E-state index in [-0.39, 0.29) is 12.0 Å². The number of hydrogen-bond donors (Lipinski definition) is 1. The molecular weight excluding hydrogens is 242 g/mol. The Bertz CT molecular complexity index is 456. The van der Waals surface area contributed by atoms with Gasteiger partial charge in [-0.25, -0.2) is 0 Å². The smallest absolute Gasteiger partial charge is 0.224 e. The van der Waals surface area contributed by atoms with Crippen LogP contribution in [0.4, 0.5) is 0 Å². The van der Waals surface area contributed by atoms with E-state index in [1.807, 2.05) is 45.0 Å². The minimum absolute atomic E-state index is 0.0129. The van der Waals surface area contributed by atoms with Crippen molar-refractivity contribution in [3.8, 4) is 0 Å². The molecule has 1 aromatic rings. The lowest BCUT2D eigenvalue weighted by Gasteiger charge is -2.17. The predicted octanol–water partition coefficient (Wildman–Crippen LogP) is 1.81. The summed E-state index contributed by atoms with van der Waals surface area (Å²) in [5.74, 6) is -0.523. The minimum atomic E-state index is -0.536. The average molecular weight is 263 g/mol. The van der Waals surface area contributed by atoms with Crippen molar-refractivity contribution in [1.29, 1.82) is 0 Å².